The Kier molecular flexibility index (Phi) is 2.15. The second-order valence-electron chi connectivity index (χ2n) is 3.74. The fourth-order valence-corrected chi connectivity index (χ4v) is 1.69. The lowest BCUT2D eigenvalue weighted by Crippen LogP contribution is -2.32. The van der Waals surface area contributed by atoms with Crippen molar-refractivity contribution in [3.8, 4) is 0 Å². The van der Waals surface area contributed by atoms with Crippen molar-refractivity contribution in [2.75, 3.05) is 11.4 Å². The summed E-state index contributed by atoms with van der Waals surface area (Å²) in [6, 6.07) is 8.25. The van der Waals surface area contributed by atoms with Crippen LogP contribution in [0, 0.1) is 6.92 Å². The summed E-state index contributed by atoms with van der Waals surface area (Å²) in [7, 11) is 0. The highest BCUT2D eigenvalue weighted by atomic mass is 16.2. The van der Waals surface area contributed by atoms with Gasteiger partial charge >= 0.3 is 6.03 Å². The minimum Gasteiger partial charge on any atom is -0.336 e. The zero-order valence-corrected chi connectivity index (χ0v) is 8.45. The number of hydrogen-bond donors (Lipinski definition) is 1. The lowest BCUT2D eigenvalue weighted by molar-refractivity contribution is 0.252. The quantitative estimate of drug-likeness (QED) is 0.720. The molecule has 1 fully saturated rings. The first-order valence-electron chi connectivity index (χ1n) is 4.82. The number of carbonyl (C=O) groups excluding carboxylic acids is 1. The van der Waals surface area contributed by atoms with E-state index in [-0.39, 0.29) is 12.1 Å². The molecule has 74 valence electrons. The Bertz CT molecular complexity index is 345. The van der Waals surface area contributed by atoms with Crippen molar-refractivity contribution >= 4 is 11.7 Å². The topological polar surface area (TPSA) is 32.3 Å². The van der Waals surface area contributed by atoms with Crippen LogP contribution in [0.4, 0.5) is 10.5 Å². The molecule has 1 aliphatic heterocycles. The van der Waals surface area contributed by atoms with Crippen LogP contribution in [-0.4, -0.2) is 18.6 Å². The minimum absolute atomic E-state index is 0.00125. The van der Waals surface area contributed by atoms with Gasteiger partial charge in [-0.2, -0.15) is 0 Å². The third-order valence-electron chi connectivity index (χ3n) is 2.52. The van der Waals surface area contributed by atoms with Crippen molar-refractivity contribution in [2.24, 2.45) is 0 Å². The number of nitrogens with zero attached hydrogens (tertiary/aromatic N) is 1. The molecule has 1 N–H and O–H groups in total. The smallest absolute Gasteiger partial charge is 0.322 e. The van der Waals surface area contributed by atoms with Crippen molar-refractivity contribution in [3.63, 3.8) is 0 Å². The fourth-order valence-electron chi connectivity index (χ4n) is 1.69. The first kappa shape index (κ1) is 9.06. The standard InChI is InChI=1S/C11H14N2O/c1-8-3-5-10(6-4-8)13-9(2)7-12-11(13)14/h3-6,9H,7H2,1-2H3,(H,12,14)/t9-/m0/s1. The molecule has 1 aromatic carbocycles. The van der Waals surface area contributed by atoms with Crippen molar-refractivity contribution in [3.05, 3.63) is 29.8 Å². The Balaban J connectivity index is 2.30. The van der Waals surface area contributed by atoms with Gasteiger partial charge in [-0.25, -0.2) is 4.79 Å². The van der Waals surface area contributed by atoms with Crippen molar-refractivity contribution in [1.29, 1.82) is 0 Å². The summed E-state index contributed by atoms with van der Waals surface area (Å²) < 4.78 is 0. The largest absolute Gasteiger partial charge is 0.336 e. The van der Waals surface area contributed by atoms with Crippen LogP contribution in [0.1, 0.15) is 12.5 Å². The first-order valence-corrected chi connectivity index (χ1v) is 4.82. The molecule has 1 saturated heterocycles. The summed E-state index contributed by atoms with van der Waals surface area (Å²) in [6.45, 7) is 4.81. The van der Waals surface area contributed by atoms with Crippen molar-refractivity contribution in [1.82, 2.24) is 5.32 Å². The molecule has 1 aliphatic rings. The summed E-state index contributed by atoms with van der Waals surface area (Å²) in [6.07, 6.45) is 0. The van der Waals surface area contributed by atoms with E-state index in [2.05, 4.69) is 5.32 Å². The second kappa shape index (κ2) is 3.33. The van der Waals surface area contributed by atoms with E-state index in [1.165, 1.54) is 5.56 Å². The van der Waals surface area contributed by atoms with Gasteiger partial charge in [-0.3, -0.25) is 4.90 Å². The van der Waals surface area contributed by atoms with E-state index in [1.54, 1.807) is 4.90 Å². The maximum atomic E-state index is 11.5. The highest BCUT2D eigenvalue weighted by molar-refractivity contribution is 5.94. The number of benzene rings is 1. The van der Waals surface area contributed by atoms with Gasteiger partial charge in [0.15, 0.2) is 0 Å². The average molecular weight is 190 g/mol. The lowest BCUT2D eigenvalue weighted by atomic mass is 10.2. The summed E-state index contributed by atoms with van der Waals surface area (Å²) in [5.41, 5.74) is 2.18. The molecule has 3 heteroatoms. The van der Waals surface area contributed by atoms with E-state index in [9.17, 15) is 4.79 Å². The predicted octanol–water partition coefficient (Wildman–Crippen LogP) is 1.91. The summed E-state index contributed by atoms with van der Waals surface area (Å²) >= 11 is 0. The summed E-state index contributed by atoms with van der Waals surface area (Å²) in [4.78, 5) is 13.3. The SMILES string of the molecule is Cc1ccc(N2C(=O)NC[C@@H]2C)cc1. The van der Waals surface area contributed by atoms with E-state index < -0.39 is 0 Å². The zero-order valence-electron chi connectivity index (χ0n) is 8.45. The molecule has 1 atom stereocenters. The Morgan fingerprint density at radius 1 is 1.36 bits per heavy atom. The van der Waals surface area contributed by atoms with Gasteiger partial charge in [0.2, 0.25) is 0 Å². The Labute approximate surface area is 83.7 Å². The van der Waals surface area contributed by atoms with Gasteiger partial charge in [-0.1, -0.05) is 17.7 Å². The fraction of sp³-hybridized carbons (Fsp3) is 0.364. The average Bonchev–Trinajstić information content (AvgIpc) is 2.49. The third-order valence-corrected chi connectivity index (χ3v) is 2.52. The number of nitrogens with one attached hydrogen (secondary N) is 1. The van der Waals surface area contributed by atoms with Crippen molar-refractivity contribution in [2.45, 2.75) is 19.9 Å². The molecule has 2 amide bonds. The van der Waals surface area contributed by atoms with Crippen LogP contribution in [0.2, 0.25) is 0 Å². The van der Waals surface area contributed by atoms with E-state index in [1.807, 2.05) is 38.1 Å². The number of carbonyl (C=O) groups is 1. The van der Waals surface area contributed by atoms with E-state index in [4.69, 9.17) is 0 Å². The van der Waals surface area contributed by atoms with Crippen LogP contribution in [0.15, 0.2) is 24.3 Å². The van der Waals surface area contributed by atoms with Crippen LogP contribution in [0.25, 0.3) is 0 Å². The highest BCUT2D eigenvalue weighted by Gasteiger charge is 2.27. The van der Waals surface area contributed by atoms with Gasteiger partial charge in [0.25, 0.3) is 0 Å². The molecular weight excluding hydrogens is 176 g/mol. The Morgan fingerprint density at radius 2 is 2.00 bits per heavy atom. The molecule has 1 heterocycles. The van der Waals surface area contributed by atoms with Crippen LogP contribution < -0.4 is 10.2 Å². The van der Waals surface area contributed by atoms with Crippen LogP contribution in [0.3, 0.4) is 0 Å². The third kappa shape index (κ3) is 1.45. The lowest BCUT2D eigenvalue weighted by Gasteiger charge is -2.19. The van der Waals surface area contributed by atoms with E-state index >= 15 is 0 Å². The van der Waals surface area contributed by atoms with Crippen LogP contribution in [0.5, 0.6) is 0 Å². The molecule has 2 rings (SSSR count). The molecule has 3 nitrogen and oxygen atoms in total. The number of hydrogen-bond acceptors (Lipinski definition) is 1. The number of rotatable bonds is 1. The Morgan fingerprint density at radius 3 is 2.50 bits per heavy atom. The molecule has 14 heavy (non-hydrogen) atoms. The Hall–Kier alpha value is -1.51. The molecule has 0 aromatic heterocycles. The van der Waals surface area contributed by atoms with Gasteiger partial charge in [0.05, 0.1) is 6.04 Å². The van der Waals surface area contributed by atoms with Gasteiger partial charge in [-0.15, -0.1) is 0 Å². The molecule has 0 aliphatic carbocycles. The monoisotopic (exact) mass is 190 g/mol. The number of anilines is 1. The molecule has 0 spiro atoms. The normalized spacial score (nSPS) is 21.1. The maximum absolute atomic E-state index is 11.5. The van der Waals surface area contributed by atoms with Gasteiger partial charge in [0.1, 0.15) is 0 Å². The van der Waals surface area contributed by atoms with E-state index in [0.29, 0.717) is 0 Å². The van der Waals surface area contributed by atoms with Crippen LogP contribution >= 0.6 is 0 Å². The predicted molar refractivity (Wildman–Crippen MR) is 56.5 cm³/mol. The molecule has 0 radical (unpaired) electrons. The maximum Gasteiger partial charge on any atom is 0.322 e. The van der Waals surface area contributed by atoms with Gasteiger partial charge in [0, 0.05) is 12.2 Å². The van der Waals surface area contributed by atoms with Gasteiger partial charge < -0.3 is 5.32 Å². The highest BCUT2D eigenvalue weighted by Crippen LogP contribution is 2.20. The molecule has 0 unspecified atom stereocenters. The van der Waals surface area contributed by atoms with Gasteiger partial charge in [-0.05, 0) is 26.0 Å². The molecule has 0 saturated carbocycles. The number of aryl methyl sites for hydroxylation is 1. The molecule has 0 bridgehead atoms. The zero-order chi connectivity index (χ0) is 10.1. The summed E-state index contributed by atoms with van der Waals surface area (Å²) in [5.74, 6) is 0. The minimum atomic E-state index is 0.00125. The van der Waals surface area contributed by atoms with Crippen molar-refractivity contribution < 1.29 is 4.79 Å². The number of urea groups is 1. The van der Waals surface area contributed by atoms with E-state index in [0.717, 1.165) is 12.2 Å². The summed E-state index contributed by atoms with van der Waals surface area (Å²) in [5, 5.41) is 2.82. The van der Waals surface area contributed by atoms with Crippen LogP contribution in [-0.2, 0) is 0 Å². The first-order chi connectivity index (χ1) is 6.68. The number of amides is 2. The molecular formula is C11H14N2O. The second-order valence-corrected chi connectivity index (χ2v) is 3.74. The molecule has 1 aromatic rings.